The number of benzene rings is 2. The molecule has 33 heavy (non-hydrogen) atoms. The van der Waals surface area contributed by atoms with Crippen LogP contribution in [0.3, 0.4) is 0 Å². The third-order valence-electron chi connectivity index (χ3n) is 5.45. The van der Waals surface area contributed by atoms with Crippen molar-refractivity contribution in [2.45, 2.75) is 26.4 Å². The SMILES string of the molecule is CC(C)N(c1ccc(-c2ccc3nnn(Cc4ccc5ncccc5c4)c3n2)cc1)[SH](=O)=O. The Morgan fingerprint density at radius 2 is 1.76 bits per heavy atom. The molecule has 0 spiro atoms. The predicted molar refractivity (Wildman–Crippen MR) is 130 cm³/mol. The second-order valence-corrected chi connectivity index (χ2v) is 8.95. The van der Waals surface area contributed by atoms with Crippen LogP contribution in [0.15, 0.2) is 72.9 Å². The molecule has 9 heteroatoms. The molecule has 3 heterocycles. The zero-order chi connectivity index (χ0) is 22.9. The summed E-state index contributed by atoms with van der Waals surface area (Å²) in [6.07, 6.45) is 1.78. The van der Waals surface area contributed by atoms with Gasteiger partial charge in [0.1, 0.15) is 5.52 Å². The zero-order valence-corrected chi connectivity index (χ0v) is 19.1. The monoisotopic (exact) mass is 458 g/mol. The van der Waals surface area contributed by atoms with E-state index in [1.165, 1.54) is 4.31 Å². The number of hydrogen-bond acceptors (Lipinski definition) is 6. The highest BCUT2D eigenvalue weighted by Gasteiger charge is 2.14. The molecular formula is C24H22N6O2S. The minimum atomic E-state index is -2.71. The van der Waals surface area contributed by atoms with Crippen LogP contribution in [0.4, 0.5) is 5.69 Å². The number of pyridine rings is 2. The van der Waals surface area contributed by atoms with E-state index >= 15 is 0 Å². The van der Waals surface area contributed by atoms with Gasteiger partial charge in [0.25, 0.3) is 0 Å². The van der Waals surface area contributed by atoms with E-state index < -0.39 is 10.9 Å². The summed E-state index contributed by atoms with van der Waals surface area (Å²) in [6.45, 7) is 4.22. The molecule has 0 bridgehead atoms. The molecule has 166 valence electrons. The first-order valence-electron chi connectivity index (χ1n) is 10.6. The van der Waals surface area contributed by atoms with Crippen molar-refractivity contribution in [1.29, 1.82) is 0 Å². The van der Waals surface area contributed by atoms with Crippen molar-refractivity contribution in [2.75, 3.05) is 4.31 Å². The summed E-state index contributed by atoms with van der Waals surface area (Å²) in [5.41, 5.74) is 5.72. The lowest BCUT2D eigenvalue weighted by atomic mass is 10.1. The number of nitrogens with zero attached hydrogens (tertiary/aromatic N) is 6. The van der Waals surface area contributed by atoms with E-state index in [0.29, 0.717) is 23.4 Å². The van der Waals surface area contributed by atoms with Gasteiger partial charge in [-0.05, 0) is 61.9 Å². The molecule has 0 fully saturated rings. The predicted octanol–water partition coefficient (Wildman–Crippen LogP) is 3.83. The number of rotatable bonds is 6. The second kappa shape index (κ2) is 8.59. The summed E-state index contributed by atoms with van der Waals surface area (Å²) in [6, 6.07) is 21.1. The molecule has 0 saturated carbocycles. The Morgan fingerprint density at radius 1 is 0.970 bits per heavy atom. The van der Waals surface area contributed by atoms with Crippen LogP contribution in [0, 0.1) is 0 Å². The largest absolute Gasteiger partial charge is 0.270 e. The third kappa shape index (κ3) is 4.14. The fourth-order valence-electron chi connectivity index (χ4n) is 3.88. The Kier molecular flexibility index (Phi) is 5.47. The molecule has 0 unspecified atom stereocenters. The fourth-order valence-corrected chi connectivity index (χ4v) is 4.58. The molecule has 0 aliphatic rings. The van der Waals surface area contributed by atoms with Gasteiger partial charge in [-0.25, -0.2) is 18.1 Å². The molecule has 0 amide bonds. The summed E-state index contributed by atoms with van der Waals surface area (Å²) in [7, 11) is -2.71. The Hall–Kier alpha value is -3.85. The highest BCUT2D eigenvalue weighted by atomic mass is 32.2. The summed E-state index contributed by atoms with van der Waals surface area (Å²) < 4.78 is 26.4. The first kappa shape index (κ1) is 21.0. The number of hydrogen-bond donors (Lipinski definition) is 1. The molecule has 0 N–H and O–H groups in total. The summed E-state index contributed by atoms with van der Waals surface area (Å²) in [4.78, 5) is 9.17. The third-order valence-corrected chi connectivity index (χ3v) is 6.50. The fraction of sp³-hybridized carbons (Fsp3) is 0.167. The topological polar surface area (TPSA) is 93.9 Å². The van der Waals surface area contributed by atoms with E-state index in [1.54, 1.807) is 23.0 Å². The highest BCUT2D eigenvalue weighted by Crippen LogP contribution is 2.25. The van der Waals surface area contributed by atoms with Crippen molar-refractivity contribution < 1.29 is 8.42 Å². The van der Waals surface area contributed by atoms with Gasteiger partial charge >= 0.3 is 0 Å². The first-order valence-corrected chi connectivity index (χ1v) is 11.7. The van der Waals surface area contributed by atoms with Crippen LogP contribution in [0.5, 0.6) is 0 Å². The molecule has 0 aliphatic heterocycles. The van der Waals surface area contributed by atoms with Gasteiger partial charge in [0.15, 0.2) is 5.65 Å². The molecule has 5 rings (SSSR count). The van der Waals surface area contributed by atoms with Crippen LogP contribution in [-0.4, -0.2) is 39.4 Å². The minimum absolute atomic E-state index is 0.155. The van der Waals surface area contributed by atoms with Gasteiger partial charge in [0, 0.05) is 23.2 Å². The van der Waals surface area contributed by atoms with E-state index in [-0.39, 0.29) is 6.04 Å². The van der Waals surface area contributed by atoms with Crippen molar-refractivity contribution in [3.8, 4) is 11.3 Å². The standard InChI is InChI=1S/C24H22N6O2S/c1-16(2)30(33(31)32)20-8-6-18(7-9-20)22-11-12-23-24(26-22)29(28-27-23)15-17-5-10-21-19(14-17)4-3-13-25-21/h3-14,16,33H,15H2,1-2H3. The quantitative estimate of drug-likeness (QED) is 0.389. The Labute approximate surface area is 192 Å². The van der Waals surface area contributed by atoms with Crippen LogP contribution in [0.25, 0.3) is 33.3 Å². The lowest BCUT2D eigenvalue weighted by Crippen LogP contribution is -2.28. The minimum Gasteiger partial charge on any atom is -0.270 e. The van der Waals surface area contributed by atoms with Crippen molar-refractivity contribution in [1.82, 2.24) is 25.0 Å². The molecule has 2 aromatic carbocycles. The van der Waals surface area contributed by atoms with Gasteiger partial charge in [-0.2, -0.15) is 0 Å². The summed E-state index contributed by atoms with van der Waals surface area (Å²) >= 11 is 0. The smallest absolute Gasteiger partial charge is 0.225 e. The highest BCUT2D eigenvalue weighted by molar-refractivity contribution is 7.74. The molecule has 8 nitrogen and oxygen atoms in total. The van der Waals surface area contributed by atoms with Crippen molar-refractivity contribution in [2.24, 2.45) is 0 Å². The zero-order valence-electron chi connectivity index (χ0n) is 18.2. The number of anilines is 1. The van der Waals surface area contributed by atoms with Crippen molar-refractivity contribution in [3.05, 3.63) is 78.5 Å². The van der Waals surface area contributed by atoms with Gasteiger partial charge < -0.3 is 0 Å². The van der Waals surface area contributed by atoms with Crippen LogP contribution < -0.4 is 4.31 Å². The maximum absolute atomic E-state index is 11.6. The number of fused-ring (bicyclic) bond motifs is 2. The molecule has 0 saturated heterocycles. The van der Waals surface area contributed by atoms with Crippen LogP contribution >= 0.6 is 0 Å². The van der Waals surface area contributed by atoms with Gasteiger partial charge in [-0.15, -0.1) is 5.10 Å². The molecule has 5 aromatic rings. The van der Waals surface area contributed by atoms with Crippen LogP contribution in [-0.2, 0) is 17.4 Å². The Balaban J connectivity index is 1.46. The van der Waals surface area contributed by atoms with Crippen LogP contribution in [0.1, 0.15) is 19.4 Å². The van der Waals surface area contributed by atoms with E-state index in [1.807, 2.05) is 62.4 Å². The van der Waals surface area contributed by atoms with Gasteiger partial charge in [0.05, 0.1) is 23.4 Å². The van der Waals surface area contributed by atoms with Gasteiger partial charge in [-0.3, -0.25) is 9.29 Å². The molecular weight excluding hydrogens is 436 g/mol. The number of thiol groups is 1. The molecule has 3 aromatic heterocycles. The van der Waals surface area contributed by atoms with E-state index in [9.17, 15) is 8.42 Å². The Bertz CT molecular complexity index is 1520. The normalized spacial score (nSPS) is 11.6. The second-order valence-electron chi connectivity index (χ2n) is 8.04. The molecule has 0 atom stereocenters. The maximum atomic E-state index is 11.6. The van der Waals surface area contributed by atoms with Gasteiger partial charge in [0.2, 0.25) is 10.9 Å². The van der Waals surface area contributed by atoms with Crippen LogP contribution in [0.2, 0.25) is 0 Å². The van der Waals surface area contributed by atoms with E-state index in [2.05, 4.69) is 21.4 Å². The Morgan fingerprint density at radius 3 is 2.52 bits per heavy atom. The molecule has 0 radical (unpaired) electrons. The lowest BCUT2D eigenvalue weighted by Gasteiger charge is -2.21. The maximum Gasteiger partial charge on any atom is 0.225 e. The lowest BCUT2D eigenvalue weighted by molar-refractivity contribution is 0.604. The summed E-state index contributed by atoms with van der Waals surface area (Å²) in [5, 5.41) is 9.62. The van der Waals surface area contributed by atoms with Crippen molar-refractivity contribution >= 4 is 38.6 Å². The summed E-state index contributed by atoms with van der Waals surface area (Å²) in [5.74, 6) is 0. The molecule has 0 aliphatic carbocycles. The van der Waals surface area contributed by atoms with Gasteiger partial charge in [-0.1, -0.05) is 29.5 Å². The van der Waals surface area contributed by atoms with E-state index in [0.717, 1.165) is 27.7 Å². The average molecular weight is 459 g/mol. The van der Waals surface area contributed by atoms with E-state index in [4.69, 9.17) is 4.98 Å². The van der Waals surface area contributed by atoms with Crippen molar-refractivity contribution in [3.63, 3.8) is 0 Å². The number of aromatic nitrogens is 5. The average Bonchev–Trinajstić information content (AvgIpc) is 3.21. The first-order chi connectivity index (χ1) is 16.0.